The highest BCUT2D eigenvalue weighted by atomic mass is 16.5. The second kappa shape index (κ2) is 6.29. The zero-order valence-electron chi connectivity index (χ0n) is 13.4. The Hall–Kier alpha value is -0.840. The van der Waals surface area contributed by atoms with Crippen LogP contribution in [0.2, 0.25) is 0 Å². The van der Waals surface area contributed by atoms with Gasteiger partial charge in [0.25, 0.3) is 0 Å². The highest BCUT2D eigenvalue weighted by Crippen LogP contribution is 2.19. The third-order valence-corrected chi connectivity index (χ3v) is 3.73. The van der Waals surface area contributed by atoms with Gasteiger partial charge in [-0.05, 0) is 40.7 Å². The molecule has 0 radical (unpaired) electrons. The number of nitrogens with one attached hydrogen (secondary N) is 1. The van der Waals surface area contributed by atoms with Crippen molar-refractivity contribution in [2.75, 3.05) is 13.2 Å². The average molecular weight is 280 g/mol. The van der Waals surface area contributed by atoms with Gasteiger partial charge in [-0.25, -0.2) is 0 Å². The second-order valence-electron chi connectivity index (χ2n) is 6.89. The molecule has 1 aromatic heterocycles. The van der Waals surface area contributed by atoms with E-state index in [1.54, 1.807) is 6.26 Å². The van der Waals surface area contributed by atoms with Crippen LogP contribution in [0.25, 0.3) is 0 Å². The highest BCUT2D eigenvalue weighted by molar-refractivity contribution is 5.17. The summed E-state index contributed by atoms with van der Waals surface area (Å²) >= 11 is 0. The van der Waals surface area contributed by atoms with Crippen LogP contribution >= 0.6 is 0 Å². The fourth-order valence-corrected chi connectivity index (χ4v) is 2.40. The Labute approximate surface area is 122 Å². The molecule has 2 unspecified atom stereocenters. The Kier molecular flexibility index (Phi) is 4.89. The molecular formula is C16H28N2O2. The van der Waals surface area contributed by atoms with Crippen LogP contribution in [-0.2, 0) is 17.8 Å². The molecule has 0 aromatic carbocycles. The number of furan rings is 1. The van der Waals surface area contributed by atoms with Gasteiger partial charge in [0, 0.05) is 30.2 Å². The molecule has 1 aromatic rings. The summed E-state index contributed by atoms with van der Waals surface area (Å²) in [5.74, 6) is 1.07. The first-order valence-electron chi connectivity index (χ1n) is 7.51. The fraction of sp³-hybridized carbons (Fsp3) is 0.750. The minimum Gasteiger partial charge on any atom is -0.468 e. The first-order chi connectivity index (χ1) is 9.35. The number of rotatable bonds is 4. The standard InChI is InChI=1S/C16H28N2O2/c1-12-11-20-13(2)9-18(12)10-15-14(6-7-19-15)8-17-16(3,4)5/h6-7,12-13,17H,8-11H2,1-5H3. The molecule has 0 amide bonds. The first kappa shape index (κ1) is 15.5. The van der Waals surface area contributed by atoms with Gasteiger partial charge in [-0.2, -0.15) is 0 Å². The van der Waals surface area contributed by atoms with E-state index in [1.165, 1.54) is 5.56 Å². The van der Waals surface area contributed by atoms with Crippen LogP contribution in [0.1, 0.15) is 45.9 Å². The van der Waals surface area contributed by atoms with Gasteiger partial charge in [-0.15, -0.1) is 0 Å². The van der Waals surface area contributed by atoms with Crippen LogP contribution in [0, 0.1) is 0 Å². The van der Waals surface area contributed by atoms with E-state index in [9.17, 15) is 0 Å². The Balaban J connectivity index is 1.97. The maximum atomic E-state index is 5.69. The van der Waals surface area contributed by atoms with Crippen molar-refractivity contribution < 1.29 is 9.15 Å². The van der Waals surface area contributed by atoms with Crippen LogP contribution < -0.4 is 5.32 Å². The molecule has 1 aliphatic heterocycles. The maximum absolute atomic E-state index is 5.69. The molecular weight excluding hydrogens is 252 g/mol. The van der Waals surface area contributed by atoms with Crippen LogP contribution in [0.3, 0.4) is 0 Å². The quantitative estimate of drug-likeness (QED) is 0.920. The van der Waals surface area contributed by atoms with Gasteiger partial charge in [-0.1, -0.05) is 0 Å². The Morgan fingerprint density at radius 2 is 2.10 bits per heavy atom. The molecule has 4 nitrogen and oxygen atoms in total. The van der Waals surface area contributed by atoms with Crippen molar-refractivity contribution in [1.82, 2.24) is 10.2 Å². The van der Waals surface area contributed by atoms with Crippen LogP contribution in [0.5, 0.6) is 0 Å². The number of hydrogen-bond acceptors (Lipinski definition) is 4. The van der Waals surface area contributed by atoms with Crippen molar-refractivity contribution in [3.63, 3.8) is 0 Å². The van der Waals surface area contributed by atoms with E-state index in [2.05, 4.69) is 50.9 Å². The normalized spacial score (nSPS) is 25.1. The second-order valence-corrected chi connectivity index (χ2v) is 6.89. The summed E-state index contributed by atoms with van der Waals surface area (Å²) in [6.07, 6.45) is 2.10. The van der Waals surface area contributed by atoms with E-state index in [-0.39, 0.29) is 5.54 Å². The highest BCUT2D eigenvalue weighted by Gasteiger charge is 2.25. The molecule has 2 heterocycles. The van der Waals surface area contributed by atoms with Gasteiger partial charge in [-0.3, -0.25) is 4.90 Å². The lowest BCUT2D eigenvalue weighted by molar-refractivity contribution is -0.0546. The van der Waals surface area contributed by atoms with Crippen molar-refractivity contribution in [2.24, 2.45) is 0 Å². The molecule has 0 spiro atoms. The summed E-state index contributed by atoms with van der Waals surface area (Å²) in [5, 5.41) is 3.52. The smallest absolute Gasteiger partial charge is 0.122 e. The summed E-state index contributed by atoms with van der Waals surface area (Å²) in [7, 11) is 0. The predicted molar refractivity (Wildman–Crippen MR) is 80.6 cm³/mol. The SMILES string of the molecule is CC1CN(Cc2occc2CNC(C)(C)C)C(C)CO1. The maximum Gasteiger partial charge on any atom is 0.122 e. The molecule has 1 aliphatic rings. The molecule has 0 aliphatic carbocycles. The van der Waals surface area contributed by atoms with E-state index in [1.807, 2.05) is 0 Å². The molecule has 0 saturated carbocycles. The van der Waals surface area contributed by atoms with E-state index >= 15 is 0 Å². The molecule has 1 N–H and O–H groups in total. The number of hydrogen-bond donors (Lipinski definition) is 1. The van der Waals surface area contributed by atoms with E-state index in [0.29, 0.717) is 12.1 Å². The zero-order chi connectivity index (χ0) is 14.8. The number of morpholine rings is 1. The molecule has 2 rings (SSSR count). The van der Waals surface area contributed by atoms with Crippen LogP contribution in [0.4, 0.5) is 0 Å². The predicted octanol–water partition coefficient (Wildman–Crippen LogP) is 2.78. The molecule has 1 saturated heterocycles. The third-order valence-electron chi connectivity index (χ3n) is 3.73. The molecule has 4 heteroatoms. The van der Waals surface area contributed by atoms with Crippen molar-refractivity contribution in [3.8, 4) is 0 Å². The third kappa shape index (κ3) is 4.33. The summed E-state index contributed by atoms with van der Waals surface area (Å²) < 4.78 is 11.4. The van der Waals surface area contributed by atoms with Gasteiger partial charge in [0.1, 0.15) is 5.76 Å². The van der Waals surface area contributed by atoms with Gasteiger partial charge < -0.3 is 14.5 Å². The average Bonchev–Trinajstić information content (AvgIpc) is 2.78. The summed E-state index contributed by atoms with van der Waals surface area (Å²) in [6.45, 7) is 14.4. The van der Waals surface area contributed by atoms with Crippen LogP contribution in [-0.4, -0.2) is 35.7 Å². The zero-order valence-corrected chi connectivity index (χ0v) is 13.4. The van der Waals surface area contributed by atoms with Crippen molar-refractivity contribution >= 4 is 0 Å². The minimum absolute atomic E-state index is 0.120. The molecule has 20 heavy (non-hydrogen) atoms. The lowest BCUT2D eigenvalue weighted by Crippen LogP contribution is -2.46. The van der Waals surface area contributed by atoms with Gasteiger partial charge in [0.2, 0.25) is 0 Å². The van der Waals surface area contributed by atoms with E-state index < -0.39 is 0 Å². The monoisotopic (exact) mass is 280 g/mol. The van der Waals surface area contributed by atoms with Gasteiger partial charge in [0.05, 0.1) is 25.5 Å². The fourth-order valence-electron chi connectivity index (χ4n) is 2.40. The van der Waals surface area contributed by atoms with Crippen LogP contribution in [0.15, 0.2) is 16.7 Å². The Morgan fingerprint density at radius 1 is 1.35 bits per heavy atom. The lowest BCUT2D eigenvalue weighted by atomic mass is 10.1. The Bertz CT molecular complexity index is 422. The van der Waals surface area contributed by atoms with Crippen molar-refractivity contribution in [3.05, 3.63) is 23.7 Å². The lowest BCUT2D eigenvalue weighted by Gasteiger charge is -2.36. The van der Waals surface area contributed by atoms with E-state index in [0.717, 1.165) is 32.0 Å². The summed E-state index contributed by atoms with van der Waals surface area (Å²) in [5.41, 5.74) is 1.38. The minimum atomic E-state index is 0.120. The van der Waals surface area contributed by atoms with Crippen molar-refractivity contribution in [2.45, 2.75) is 65.4 Å². The summed E-state index contributed by atoms with van der Waals surface area (Å²) in [4.78, 5) is 2.44. The summed E-state index contributed by atoms with van der Waals surface area (Å²) in [6, 6.07) is 2.52. The largest absolute Gasteiger partial charge is 0.468 e. The first-order valence-corrected chi connectivity index (χ1v) is 7.51. The topological polar surface area (TPSA) is 37.6 Å². The molecule has 1 fully saturated rings. The molecule has 2 atom stereocenters. The van der Waals surface area contributed by atoms with E-state index in [4.69, 9.17) is 9.15 Å². The molecule has 0 bridgehead atoms. The Morgan fingerprint density at radius 3 is 2.80 bits per heavy atom. The number of nitrogens with zero attached hydrogens (tertiary/aromatic N) is 1. The number of ether oxygens (including phenoxy) is 1. The van der Waals surface area contributed by atoms with Gasteiger partial charge >= 0.3 is 0 Å². The van der Waals surface area contributed by atoms with Crippen molar-refractivity contribution in [1.29, 1.82) is 0 Å². The van der Waals surface area contributed by atoms with Gasteiger partial charge in [0.15, 0.2) is 0 Å². The molecule has 114 valence electrons.